The molecule has 1 aliphatic heterocycles. The van der Waals surface area contributed by atoms with Crippen LogP contribution in [0.4, 0.5) is 0 Å². The van der Waals surface area contributed by atoms with Gasteiger partial charge in [0.1, 0.15) is 17.1 Å². The lowest BCUT2D eigenvalue weighted by molar-refractivity contribution is 0.0954. The van der Waals surface area contributed by atoms with Crippen molar-refractivity contribution in [1.29, 1.82) is 0 Å². The molecule has 0 saturated carbocycles. The summed E-state index contributed by atoms with van der Waals surface area (Å²) in [7, 11) is 0. The van der Waals surface area contributed by atoms with Crippen LogP contribution in [0, 0.1) is 0 Å². The van der Waals surface area contributed by atoms with Crippen molar-refractivity contribution < 1.29 is 14.3 Å². The first-order chi connectivity index (χ1) is 17.8. The van der Waals surface area contributed by atoms with E-state index in [1.165, 1.54) is 23.3 Å². The molecule has 5 rings (SSSR count). The van der Waals surface area contributed by atoms with Crippen molar-refractivity contribution in [2.45, 2.75) is 19.8 Å². The zero-order chi connectivity index (χ0) is 26.1. The van der Waals surface area contributed by atoms with E-state index in [1.807, 2.05) is 12.1 Å². The number of rotatable bonds is 6. The van der Waals surface area contributed by atoms with E-state index >= 15 is 0 Å². The molecule has 1 heterocycles. The van der Waals surface area contributed by atoms with Crippen LogP contribution in [0.5, 0.6) is 5.75 Å². The van der Waals surface area contributed by atoms with Crippen molar-refractivity contribution in [3.05, 3.63) is 110 Å². The summed E-state index contributed by atoms with van der Waals surface area (Å²) in [6.07, 6.45) is 1.74. The van der Waals surface area contributed by atoms with Crippen LogP contribution in [0.2, 0.25) is 10.0 Å². The molecule has 0 bridgehead atoms. The maximum absolute atomic E-state index is 12.7. The third-order valence-corrected chi connectivity index (χ3v) is 7.01. The van der Waals surface area contributed by atoms with Crippen molar-refractivity contribution in [2.75, 3.05) is 6.54 Å². The van der Waals surface area contributed by atoms with Gasteiger partial charge in [0.15, 0.2) is 0 Å². The maximum Gasteiger partial charge on any atom is 0.251 e. The number of benzene rings is 4. The summed E-state index contributed by atoms with van der Waals surface area (Å²) in [4.78, 5) is 24.9. The summed E-state index contributed by atoms with van der Waals surface area (Å²) in [5.41, 5.74) is 5.09. The van der Waals surface area contributed by atoms with E-state index in [4.69, 9.17) is 27.6 Å². The molecule has 0 atom stereocenters. The summed E-state index contributed by atoms with van der Waals surface area (Å²) in [5, 5.41) is 13.9. The second kappa shape index (κ2) is 10.3. The fourth-order valence-electron chi connectivity index (χ4n) is 4.36. The number of aromatic hydroxyl groups is 1. The van der Waals surface area contributed by atoms with Gasteiger partial charge in [-0.05, 0) is 53.8 Å². The van der Waals surface area contributed by atoms with Crippen LogP contribution in [-0.2, 0) is 12.8 Å². The summed E-state index contributed by atoms with van der Waals surface area (Å²) in [6, 6.07) is 21.5. The summed E-state index contributed by atoms with van der Waals surface area (Å²) >= 11 is 12.4. The van der Waals surface area contributed by atoms with Gasteiger partial charge in [-0.3, -0.25) is 9.59 Å². The fraction of sp³-hybridized carbons (Fsp3) is 0.133. The van der Waals surface area contributed by atoms with E-state index in [1.54, 1.807) is 24.3 Å². The molecule has 5 nitrogen and oxygen atoms in total. The van der Waals surface area contributed by atoms with Crippen LogP contribution in [-0.4, -0.2) is 17.6 Å². The molecule has 7 heteroatoms. The third-order valence-electron chi connectivity index (χ3n) is 6.41. The number of carbonyl (C=O) groups excluding carboxylic acids is 1. The molecular formula is C30H23Cl2NO4. The van der Waals surface area contributed by atoms with Crippen molar-refractivity contribution >= 4 is 40.1 Å². The Hall–Kier alpha value is -3.80. The minimum atomic E-state index is -0.366. The minimum absolute atomic E-state index is 0.0634. The number of phenols is 1. The topological polar surface area (TPSA) is 79.5 Å². The first-order valence-corrected chi connectivity index (χ1v) is 12.6. The average molecular weight is 532 g/mol. The number of hydrogen-bond acceptors (Lipinski definition) is 4. The van der Waals surface area contributed by atoms with Gasteiger partial charge in [-0.2, -0.15) is 0 Å². The molecule has 0 unspecified atom stereocenters. The molecule has 0 fully saturated rings. The molecule has 3 aromatic carbocycles. The highest BCUT2D eigenvalue weighted by Gasteiger charge is 2.20. The number of hydrogen-bond donors (Lipinski definition) is 2. The van der Waals surface area contributed by atoms with Crippen LogP contribution in [0.1, 0.15) is 28.4 Å². The minimum Gasteiger partial charge on any atom is -0.506 e. The van der Waals surface area contributed by atoms with E-state index in [9.17, 15) is 14.7 Å². The van der Waals surface area contributed by atoms with Crippen LogP contribution in [0.15, 0.2) is 82.0 Å². The second-order valence-corrected chi connectivity index (χ2v) is 9.62. The Morgan fingerprint density at radius 3 is 2.32 bits per heavy atom. The molecule has 0 spiro atoms. The van der Waals surface area contributed by atoms with Gasteiger partial charge in [-0.1, -0.05) is 66.5 Å². The highest BCUT2D eigenvalue weighted by Crippen LogP contribution is 2.43. The van der Waals surface area contributed by atoms with Gasteiger partial charge < -0.3 is 14.8 Å². The van der Waals surface area contributed by atoms with Crippen molar-refractivity contribution in [3.8, 4) is 28.2 Å². The molecule has 0 aromatic heterocycles. The van der Waals surface area contributed by atoms with E-state index in [0.717, 1.165) is 24.0 Å². The predicted octanol–water partition coefficient (Wildman–Crippen LogP) is 7.11. The van der Waals surface area contributed by atoms with E-state index < -0.39 is 0 Å². The number of nitrogens with one attached hydrogen (secondary N) is 1. The number of halogens is 2. The first-order valence-electron chi connectivity index (χ1n) is 11.9. The van der Waals surface area contributed by atoms with E-state index in [-0.39, 0.29) is 27.1 Å². The van der Waals surface area contributed by atoms with Crippen molar-refractivity contribution in [3.63, 3.8) is 0 Å². The van der Waals surface area contributed by atoms with Gasteiger partial charge in [-0.25, -0.2) is 0 Å². The van der Waals surface area contributed by atoms with Crippen molar-refractivity contribution in [2.24, 2.45) is 0 Å². The van der Waals surface area contributed by atoms with Gasteiger partial charge in [-0.15, -0.1) is 0 Å². The zero-order valence-corrected chi connectivity index (χ0v) is 21.5. The van der Waals surface area contributed by atoms with Gasteiger partial charge in [0.2, 0.25) is 5.43 Å². The summed E-state index contributed by atoms with van der Waals surface area (Å²) in [6.45, 7) is 2.65. The highest BCUT2D eigenvalue weighted by atomic mass is 35.5. The Morgan fingerprint density at radius 2 is 1.62 bits per heavy atom. The van der Waals surface area contributed by atoms with Crippen molar-refractivity contribution in [1.82, 2.24) is 5.32 Å². The summed E-state index contributed by atoms with van der Waals surface area (Å²) < 4.78 is 5.89. The maximum atomic E-state index is 12.7. The molecule has 2 aliphatic rings. The Kier molecular flexibility index (Phi) is 6.92. The first kappa shape index (κ1) is 24.9. The number of phenolic OH excluding ortho intramolecular Hbond substituents is 1. The predicted molar refractivity (Wildman–Crippen MR) is 148 cm³/mol. The normalized spacial score (nSPS) is 11.2. The molecule has 1 aliphatic carbocycles. The molecule has 3 aromatic rings. The lowest BCUT2D eigenvalue weighted by Gasteiger charge is -2.16. The Balaban J connectivity index is 1.44. The number of fused-ring (bicyclic) bond motifs is 2. The fourth-order valence-corrected chi connectivity index (χ4v) is 4.69. The summed E-state index contributed by atoms with van der Waals surface area (Å²) in [5.74, 6) is 0.0294. The number of amides is 1. The quantitative estimate of drug-likeness (QED) is 0.229. The molecule has 1 amide bonds. The van der Waals surface area contributed by atoms with E-state index in [2.05, 4.69) is 36.5 Å². The van der Waals surface area contributed by atoms with Gasteiger partial charge in [0, 0.05) is 40.8 Å². The van der Waals surface area contributed by atoms with E-state index in [0.29, 0.717) is 34.4 Å². The number of carbonyl (C=O) groups is 1. The highest BCUT2D eigenvalue weighted by molar-refractivity contribution is 6.33. The van der Waals surface area contributed by atoms with Gasteiger partial charge in [0.25, 0.3) is 5.91 Å². The smallest absolute Gasteiger partial charge is 0.251 e. The van der Waals surface area contributed by atoms with Gasteiger partial charge >= 0.3 is 0 Å². The molecule has 2 N–H and O–H groups in total. The Bertz CT molecular complexity index is 1640. The lowest BCUT2D eigenvalue weighted by Crippen LogP contribution is -2.25. The van der Waals surface area contributed by atoms with Crippen LogP contribution in [0.3, 0.4) is 0 Å². The monoisotopic (exact) mass is 531 g/mol. The van der Waals surface area contributed by atoms with Crippen LogP contribution < -0.4 is 10.7 Å². The Morgan fingerprint density at radius 1 is 0.919 bits per heavy atom. The van der Waals surface area contributed by atoms with Gasteiger partial charge in [0.05, 0.1) is 10.0 Å². The lowest BCUT2D eigenvalue weighted by atomic mass is 9.93. The molecule has 0 radical (unpaired) electrons. The largest absolute Gasteiger partial charge is 0.506 e. The SMILES string of the molecule is CCc1ccc(CCNC(=O)c2ccc(-c3c4cc(Cl)c(=O)cc-4oc4cc(O)c(Cl)cc34)cc2)cc1. The third kappa shape index (κ3) is 5.06. The Labute approximate surface area is 223 Å². The average Bonchev–Trinajstić information content (AvgIpc) is 2.90. The molecule has 37 heavy (non-hydrogen) atoms. The zero-order valence-electron chi connectivity index (χ0n) is 20.0. The molecule has 186 valence electrons. The molecular weight excluding hydrogens is 509 g/mol. The number of aryl methyl sites for hydroxylation is 1. The van der Waals surface area contributed by atoms with Crippen LogP contribution in [0.25, 0.3) is 33.4 Å². The van der Waals surface area contributed by atoms with Crippen LogP contribution >= 0.6 is 23.2 Å². The second-order valence-electron chi connectivity index (χ2n) is 8.81. The molecule has 0 saturated heterocycles. The standard InChI is InChI=1S/C30H23Cl2NO4/c1-2-17-3-5-18(6-4-17)11-12-33-30(36)20-9-7-19(8-10-20)29-21-13-23(31)25(34)15-27(21)37-28-16-26(35)24(32)14-22(28)29/h3-10,13-16,34H,2,11-12H2,1H3,(H,33,36).